The van der Waals surface area contributed by atoms with E-state index in [2.05, 4.69) is 4.72 Å². The highest BCUT2D eigenvalue weighted by molar-refractivity contribution is 7.89. The SMILES string of the molecule is Cc1ccc(S(=O)(=O)NCCC(=O)[O-])c(C)c1. The van der Waals surface area contributed by atoms with Crippen molar-refractivity contribution in [2.24, 2.45) is 0 Å². The van der Waals surface area contributed by atoms with Crippen molar-refractivity contribution in [2.45, 2.75) is 25.2 Å². The number of nitrogens with one attached hydrogen (secondary N) is 1. The van der Waals surface area contributed by atoms with Crippen LogP contribution in [0.4, 0.5) is 0 Å². The van der Waals surface area contributed by atoms with Crippen LogP contribution in [0.5, 0.6) is 0 Å². The van der Waals surface area contributed by atoms with E-state index >= 15 is 0 Å². The lowest BCUT2D eigenvalue weighted by molar-refractivity contribution is -0.305. The van der Waals surface area contributed by atoms with Crippen LogP contribution in [0.3, 0.4) is 0 Å². The monoisotopic (exact) mass is 256 g/mol. The van der Waals surface area contributed by atoms with Crippen LogP contribution in [0.25, 0.3) is 0 Å². The zero-order valence-corrected chi connectivity index (χ0v) is 10.5. The molecule has 0 bridgehead atoms. The summed E-state index contributed by atoms with van der Waals surface area (Å²) in [6, 6.07) is 4.96. The van der Waals surface area contributed by atoms with Crippen molar-refractivity contribution in [3.8, 4) is 0 Å². The third-order valence-corrected chi connectivity index (χ3v) is 3.86. The largest absolute Gasteiger partial charge is 0.550 e. The summed E-state index contributed by atoms with van der Waals surface area (Å²) in [5.41, 5.74) is 1.60. The van der Waals surface area contributed by atoms with Crippen molar-refractivity contribution < 1.29 is 18.3 Å². The van der Waals surface area contributed by atoms with Gasteiger partial charge in [-0.2, -0.15) is 0 Å². The average molecular weight is 256 g/mol. The molecule has 0 aliphatic carbocycles. The summed E-state index contributed by atoms with van der Waals surface area (Å²) in [5, 5.41) is 10.2. The molecule has 0 heterocycles. The number of carbonyl (C=O) groups excluding carboxylic acids is 1. The molecule has 0 saturated heterocycles. The second kappa shape index (κ2) is 5.29. The Hall–Kier alpha value is -1.40. The Bertz CT molecular complexity index is 522. The number of hydrogen-bond donors (Lipinski definition) is 1. The maximum Gasteiger partial charge on any atom is 0.240 e. The molecular formula is C11H14NO4S-. The van der Waals surface area contributed by atoms with Crippen molar-refractivity contribution in [1.29, 1.82) is 0 Å². The second-order valence-electron chi connectivity index (χ2n) is 3.79. The predicted molar refractivity (Wildman–Crippen MR) is 60.7 cm³/mol. The molecule has 17 heavy (non-hydrogen) atoms. The number of carboxylic acid groups (broad SMARTS) is 1. The van der Waals surface area contributed by atoms with E-state index in [1.165, 1.54) is 6.07 Å². The van der Waals surface area contributed by atoms with Crippen LogP contribution < -0.4 is 9.83 Å². The van der Waals surface area contributed by atoms with Crippen LogP contribution in [-0.2, 0) is 14.8 Å². The van der Waals surface area contributed by atoms with Crippen molar-refractivity contribution in [2.75, 3.05) is 6.54 Å². The van der Waals surface area contributed by atoms with Crippen molar-refractivity contribution in [1.82, 2.24) is 4.72 Å². The minimum atomic E-state index is -3.64. The van der Waals surface area contributed by atoms with Gasteiger partial charge in [-0.3, -0.25) is 0 Å². The van der Waals surface area contributed by atoms with Crippen LogP contribution in [0.1, 0.15) is 17.5 Å². The molecule has 0 amide bonds. The molecule has 6 heteroatoms. The van der Waals surface area contributed by atoms with Crippen LogP contribution in [0, 0.1) is 13.8 Å². The zero-order valence-electron chi connectivity index (χ0n) is 9.69. The summed E-state index contributed by atoms with van der Waals surface area (Å²) in [6.45, 7) is 3.39. The number of rotatable bonds is 5. The maximum atomic E-state index is 11.8. The highest BCUT2D eigenvalue weighted by atomic mass is 32.2. The molecular weight excluding hydrogens is 242 g/mol. The van der Waals surface area contributed by atoms with Gasteiger partial charge in [-0.15, -0.1) is 0 Å². The van der Waals surface area contributed by atoms with E-state index in [0.717, 1.165) is 5.56 Å². The number of carbonyl (C=O) groups is 1. The Balaban J connectivity index is 2.86. The lowest BCUT2D eigenvalue weighted by Crippen LogP contribution is -2.31. The Morgan fingerprint density at radius 2 is 2.00 bits per heavy atom. The number of hydrogen-bond acceptors (Lipinski definition) is 4. The van der Waals surface area contributed by atoms with Gasteiger partial charge in [0, 0.05) is 18.9 Å². The van der Waals surface area contributed by atoms with Gasteiger partial charge in [0.1, 0.15) is 0 Å². The predicted octanol–water partition coefficient (Wildman–Crippen LogP) is -0.278. The molecule has 0 aliphatic heterocycles. The van der Waals surface area contributed by atoms with Gasteiger partial charge in [-0.1, -0.05) is 17.7 Å². The van der Waals surface area contributed by atoms with E-state index in [9.17, 15) is 18.3 Å². The number of aryl methyl sites for hydroxylation is 2. The molecule has 0 saturated carbocycles. The second-order valence-corrected chi connectivity index (χ2v) is 5.52. The zero-order chi connectivity index (χ0) is 13.1. The molecule has 94 valence electrons. The van der Waals surface area contributed by atoms with Gasteiger partial charge in [0.25, 0.3) is 0 Å². The minimum absolute atomic E-state index is 0.168. The molecule has 0 spiro atoms. The summed E-state index contributed by atoms with van der Waals surface area (Å²) in [5.74, 6) is -1.28. The molecule has 1 rings (SSSR count). The molecule has 1 N–H and O–H groups in total. The van der Waals surface area contributed by atoms with Crippen molar-refractivity contribution in [3.63, 3.8) is 0 Å². The fourth-order valence-electron chi connectivity index (χ4n) is 1.47. The van der Waals surface area contributed by atoms with E-state index in [4.69, 9.17) is 0 Å². The topological polar surface area (TPSA) is 86.3 Å². The van der Waals surface area contributed by atoms with Gasteiger partial charge in [0.05, 0.1) is 4.90 Å². The first-order valence-corrected chi connectivity index (χ1v) is 6.58. The summed E-state index contributed by atoms with van der Waals surface area (Å²) in [4.78, 5) is 10.4. The Labute approximate surface area is 101 Å². The fourth-order valence-corrected chi connectivity index (χ4v) is 2.72. The Morgan fingerprint density at radius 1 is 1.35 bits per heavy atom. The summed E-state index contributed by atoms with van der Waals surface area (Å²) in [6.07, 6.45) is -0.343. The first-order valence-electron chi connectivity index (χ1n) is 5.09. The quantitative estimate of drug-likeness (QED) is 0.785. The number of sulfonamides is 1. The fraction of sp³-hybridized carbons (Fsp3) is 0.364. The van der Waals surface area contributed by atoms with Crippen molar-refractivity contribution in [3.05, 3.63) is 29.3 Å². The molecule has 5 nitrogen and oxygen atoms in total. The summed E-state index contributed by atoms with van der Waals surface area (Å²) >= 11 is 0. The normalized spacial score (nSPS) is 11.4. The van der Waals surface area contributed by atoms with Gasteiger partial charge >= 0.3 is 0 Å². The molecule has 0 unspecified atom stereocenters. The Morgan fingerprint density at radius 3 is 2.53 bits per heavy atom. The van der Waals surface area contributed by atoms with E-state index in [0.29, 0.717) is 5.56 Å². The maximum absolute atomic E-state index is 11.8. The molecule has 0 aliphatic rings. The molecule has 0 aromatic heterocycles. The first kappa shape index (κ1) is 13.7. The first-order chi connectivity index (χ1) is 7.83. The molecule has 0 fully saturated rings. The van der Waals surface area contributed by atoms with Gasteiger partial charge in [-0.25, -0.2) is 13.1 Å². The van der Waals surface area contributed by atoms with E-state index in [-0.39, 0.29) is 17.9 Å². The smallest absolute Gasteiger partial charge is 0.240 e. The van der Waals surface area contributed by atoms with Gasteiger partial charge < -0.3 is 9.90 Å². The van der Waals surface area contributed by atoms with Crippen LogP contribution in [-0.4, -0.2) is 20.9 Å². The van der Waals surface area contributed by atoms with E-state index in [1.54, 1.807) is 19.1 Å². The highest BCUT2D eigenvalue weighted by Crippen LogP contribution is 2.15. The van der Waals surface area contributed by atoms with Gasteiger partial charge in [-0.05, 0) is 25.5 Å². The summed E-state index contributed by atoms with van der Waals surface area (Å²) < 4.78 is 25.9. The molecule has 1 aromatic rings. The van der Waals surface area contributed by atoms with Crippen LogP contribution in [0.15, 0.2) is 23.1 Å². The van der Waals surface area contributed by atoms with Gasteiger partial charge in [0.2, 0.25) is 10.0 Å². The lowest BCUT2D eigenvalue weighted by Gasteiger charge is -2.10. The third kappa shape index (κ3) is 3.83. The van der Waals surface area contributed by atoms with Crippen LogP contribution >= 0.6 is 0 Å². The summed E-state index contributed by atoms with van der Waals surface area (Å²) in [7, 11) is -3.64. The molecule has 0 atom stereocenters. The number of carboxylic acids is 1. The minimum Gasteiger partial charge on any atom is -0.550 e. The highest BCUT2D eigenvalue weighted by Gasteiger charge is 2.15. The number of aliphatic carboxylic acids is 1. The standard InChI is InChI=1S/C11H15NO4S/c1-8-3-4-10(9(2)7-8)17(15,16)12-6-5-11(13)14/h3-4,7,12H,5-6H2,1-2H3,(H,13,14)/p-1. The van der Waals surface area contributed by atoms with E-state index < -0.39 is 16.0 Å². The Kier molecular flexibility index (Phi) is 4.25. The van der Waals surface area contributed by atoms with Gasteiger partial charge in [0.15, 0.2) is 0 Å². The van der Waals surface area contributed by atoms with Crippen LogP contribution in [0.2, 0.25) is 0 Å². The lowest BCUT2D eigenvalue weighted by atomic mass is 10.2. The molecule has 1 aromatic carbocycles. The third-order valence-electron chi connectivity index (χ3n) is 2.24. The average Bonchev–Trinajstić information content (AvgIpc) is 2.15. The number of benzene rings is 1. The van der Waals surface area contributed by atoms with Crippen molar-refractivity contribution >= 4 is 16.0 Å². The van der Waals surface area contributed by atoms with E-state index in [1.807, 2.05) is 6.92 Å². The molecule has 0 radical (unpaired) electrons.